The lowest BCUT2D eigenvalue weighted by Gasteiger charge is -2.15. The fraction of sp³-hybridized carbons (Fsp3) is 0.300. The number of anilines is 1. The SMILES string of the molecule is Cc1ccc(S(=O)(=O)NCC(=O)OC(C)C(=O)Nc2cccc(C(F)(F)F)c2)cc1C. The van der Waals surface area contributed by atoms with Gasteiger partial charge in [0.25, 0.3) is 5.91 Å². The second-order valence-corrected chi connectivity index (χ2v) is 8.54. The van der Waals surface area contributed by atoms with Crippen molar-refractivity contribution in [3.63, 3.8) is 0 Å². The van der Waals surface area contributed by atoms with Crippen molar-refractivity contribution in [3.8, 4) is 0 Å². The minimum atomic E-state index is -4.58. The zero-order chi connectivity index (χ0) is 23.4. The molecule has 0 fully saturated rings. The average Bonchev–Trinajstić information content (AvgIpc) is 2.68. The van der Waals surface area contributed by atoms with Crippen molar-refractivity contribution in [1.82, 2.24) is 4.72 Å². The topological polar surface area (TPSA) is 102 Å². The molecule has 0 saturated heterocycles. The van der Waals surface area contributed by atoms with Gasteiger partial charge < -0.3 is 10.1 Å². The molecule has 2 rings (SSSR count). The standard InChI is InChI=1S/C20H21F3N2O5S/c1-12-7-8-17(9-13(12)2)31(28,29)24-11-18(26)30-14(3)19(27)25-16-6-4-5-15(10-16)20(21,22)23/h4-10,14,24H,11H2,1-3H3,(H,25,27). The van der Waals surface area contributed by atoms with Crippen molar-refractivity contribution in [2.45, 2.75) is 37.9 Å². The Hall–Kier alpha value is -2.92. The van der Waals surface area contributed by atoms with Gasteiger partial charge in [0.2, 0.25) is 10.0 Å². The molecule has 1 unspecified atom stereocenters. The predicted octanol–water partition coefficient (Wildman–Crippen LogP) is 3.17. The molecule has 168 valence electrons. The number of carbonyl (C=O) groups excluding carboxylic acids is 2. The first-order valence-corrected chi connectivity index (χ1v) is 10.5. The molecule has 2 aromatic rings. The molecule has 0 aromatic heterocycles. The van der Waals surface area contributed by atoms with Gasteiger partial charge in [-0.2, -0.15) is 17.9 Å². The van der Waals surface area contributed by atoms with Crippen LogP contribution in [-0.4, -0.2) is 32.9 Å². The highest BCUT2D eigenvalue weighted by Crippen LogP contribution is 2.30. The molecule has 1 amide bonds. The van der Waals surface area contributed by atoms with Crippen molar-refractivity contribution < 1.29 is 35.9 Å². The molecule has 0 aliphatic heterocycles. The molecule has 11 heteroatoms. The van der Waals surface area contributed by atoms with Crippen LogP contribution in [0.25, 0.3) is 0 Å². The second kappa shape index (κ2) is 9.48. The van der Waals surface area contributed by atoms with Gasteiger partial charge in [-0.25, -0.2) is 8.42 Å². The van der Waals surface area contributed by atoms with Gasteiger partial charge in [-0.3, -0.25) is 9.59 Å². The Labute approximate surface area is 177 Å². The van der Waals surface area contributed by atoms with E-state index in [-0.39, 0.29) is 10.6 Å². The minimum absolute atomic E-state index is 0.0289. The summed E-state index contributed by atoms with van der Waals surface area (Å²) in [5, 5.41) is 2.21. The molecular weight excluding hydrogens is 437 g/mol. The summed E-state index contributed by atoms with van der Waals surface area (Å²) in [6.45, 7) is 4.05. The van der Waals surface area contributed by atoms with Gasteiger partial charge >= 0.3 is 12.1 Å². The van der Waals surface area contributed by atoms with E-state index < -0.39 is 46.3 Å². The Balaban J connectivity index is 1.93. The fourth-order valence-corrected chi connectivity index (χ4v) is 3.48. The van der Waals surface area contributed by atoms with Crippen molar-refractivity contribution >= 4 is 27.6 Å². The number of benzene rings is 2. The van der Waals surface area contributed by atoms with Gasteiger partial charge in [0, 0.05) is 5.69 Å². The lowest BCUT2D eigenvalue weighted by atomic mass is 10.1. The number of hydrogen-bond donors (Lipinski definition) is 2. The maximum Gasteiger partial charge on any atom is 0.416 e. The van der Waals surface area contributed by atoms with Gasteiger partial charge in [-0.05, 0) is 62.2 Å². The van der Waals surface area contributed by atoms with Crippen molar-refractivity contribution in [3.05, 3.63) is 59.2 Å². The third-order valence-corrected chi connectivity index (χ3v) is 5.73. The Morgan fingerprint density at radius 3 is 2.35 bits per heavy atom. The first kappa shape index (κ1) is 24.4. The number of hydrogen-bond acceptors (Lipinski definition) is 5. The number of esters is 1. The summed E-state index contributed by atoms with van der Waals surface area (Å²) in [6.07, 6.45) is -5.94. The smallest absolute Gasteiger partial charge is 0.416 e. The molecule has 0 saturated carbocycles. The summed E-state index contributed by atoms with van der Waals surface area (Å²) in [5.41, 5.74) is 0.582. The Bertz CT molecular complexity index is 1080. The molecule has 7 nitrogen and oxygen atoms in total. The Morgan fingerprint density at radius 2 is 1.74 bits per heavy atom. The third-order valence-electron chi connectivity index (χ3n) is 4.33. The van der Waals surface area contributed by atoms with E-state index in [9.17, 15) is 31.2 Å². The maximum atomic E-state index is 12.7. The van der Waals surface area contributed by atoms with Gasteiger partial charge in [0.15, 0.2) is 6.10 Å². The zero-order valence-electron chi connectivity index (χ0n) is 16.9. The van der Waals surface area contributed by atoms with Gasteiger partial charge in [-0.1, -0.05) is 12.1 Å². The van der Waals surface area contributed by atoms with Crippen LogP contribution in [0.4, 0.5) is 18.9 Å². The fourth-order valence-electron chi connectivity index (χ4n) is 2.43. The number of nitrogens with one attached hydrogen (secondary N) is 2. The first-order valence-electron chi connectivity index (χ1n) is 9.04. The van der Waals surface area contributed by atoms with Gasteiger partial charge in [0.1, 0.15) is 6.54 Å². The lowest BCUT2D eigenvalue weighted by Crippen LogP contribution is -2.35. The quantitative estimate of drug-likeness (QED) is 0.621. The molecule has 0 bridgehead atoms. The van der Waals surface area contributed by atoms with Crippen LogP contribution in [0.15, 0.2) is 47.4 Å². The predicted molar refractivity (Wildman–Crippen MR) is 107 cm³/mol. The summed E-state index contributed by atoms with van der Waals surface area (Å²) in [6, 6.07) is 8.43. The van der Waals surface area contributed by atoms with Crippen molar-refractivity contribution in [2.75, 3.05) is 11.9 Å². The van der Waals surface area contributed by atoms with Crippen LogP contribution in [0.3, 0.4) is 0 Å². The van der Waals surface area contributed by atoms with E-state index >= 15 is 0 Å². The molecular formula is C20H21F3N2O5S. The summed E-state index contributed by atoms with van der Waals surface area (Å²) < 4.78 is 69.7. The molecule has 2 aromatic carbocycles. The van der Waals surface area contributed by atoms with E-state index in [1.54, 1.807) is 13.0 Å². The largest absolute Gasteiger partial charge is 0.452 e. The number of alkyl halides is 3. The normalized spacial score (nSPS) is 12.8. The van der Waals surface area contributed by atoms with E-state index in [0.717, 1.165) is 29.3 Å². The molecule has 0 spiro atoms. The van der Waals surface area contributed by atoms with Crippen LogP contribution < -0.4 is 10.0 Å². The molecule has 0 aliphatic rings. The first-order chi connectivity index (χ1) is 14.3. The van der Waals surface area contributed by atoms with E-state index in [4.69, 9.17) is 4.74 Å². The van der Waals surface area contributed by atoms with Crippen LogP contribution in [0.1, 0.15) is 23.6 Å². The number of aryl methyl sites for hydroxylation is 2. The van der Waals surface area contributed by atoms with Crippen molar-refractivity contribution in [2.24, 2.45) is 0 Å². The highest BCUT2D eigenvalue weighted by molar-refractivity contribution is 7.89. The summed E-state index contributed by atoms with van der Waals surface area (Å²) in [4.78, 5) is 24.0. The molecule has 0 aliphatic carbocycles. The number of rotatable bonds is 7. The van der Waals surface area contributed by atoms with E-state index in [1.807, 2.05) is 6.92 Å². The molecule has 0 radical (unpaired) electrons. The highest BCUT2D eigenvalue weighted by Gasteiger charge is 2.30. The lowest BCUT2D eigenvalue weighted by molar-refractivity contribution is -0.151. The van der Waals surface area contributed by atoms with Crippen LogP contribution in [0, 0.1) is 13.8 Å². The molecule has 2 N–H and O–H groups in total. The number of ether oxygens (including phenoxy) is 1. The van der Waals surface area contributed by atoms with Crippen LogP contribution in [-0.2, 0) is 30.5 Å². The highest BCUT2D eigenvalue weighted by atomic mass is 32.2. The number of sulfonamides is 1. The Morgan fingerprint density at radius 1 is 1.06 bits per heavy atom. The number of halogens is 3. The zero-order valence-corrected chi connectivity index (χ0v) is 17.7. The Kier molecular flexibility index (Phi) is 7.45. The summed E-state index contributed by atoms with van der Waals surface area (Å²) in [5.74, 6) is -1.90. The van der Waals surface area contributed by atoms with E-state index in [1.165, 1.54) is 25.1 Å². The van der Waals surface area contributed by atoms with Crippen LogP contribution >= 0.6 is 0 Å². The van der Waals surface area contributed by atoms with E-state index in [2.05, 4.69) is 10.0 Å². The van der Waals surface area contributed by atoms with Gasteiger partial charge in [0.05, 0.1) is 10.5 Å². The van der Waals surface area contributed by atoms with Crippen LogP contribution in [0.5, 0.6) is 0 Å². The summed E-state index contributed by atoms with van der Waals surface area (Å²) >= 11 is 0. The minimum Gasteiger partial charge on any atom is -0.452 e. The average molecular weight is 458 g/mol. The third kappa shape index (κ3) is 6.79. The second-order valence-electron chi connectivity index (χ2n) is 6.77. The maximum absolute atomic E-state index is 12.7. The molecule has 1 atom stereocenters. The molecule has 31 heavy (non-hydrogen) atoms. The van der Waals surface area contributed by atoms with E-state index in [0.29, 0.717) is 0 Å². The van der Waals surface area contributed by atoms with Crippen molar-refractivity contribution in [1.29, 1.82) is 0 Å². The molecule has 0 heterocycles. The van der Waals surface area contributed by atoms with Crippen LogP contribution in [0.2, 0.25) is 0 Å². The summed E-state index contributed by atoms with van der Waals surface area (Å²) in [7, 11) is -3.98. The number of amides is 1. The number of carbonyl (C=O) groups is 2. The monoisotopic (exact) mass is 458 g/mol. The van der Waals surface area contributed by atoms with Gasteiger partial charge in [-0.15, -0.1) is 0 Å².